The molecular weight excluding hydrogens is 222 g/mol. The Labute approximate surface area is 104 Å². The van der Waals surface area contributed by atoms with E-state index in [1.165, 1.54) is 6.42 Å². The molecule has 102 valence electrons. The van der Waals surface area contributed by atoms with Gasteiger partial charge < -0.3 is 24.2 Å². The minimum absolute atomic E-state index is 0.0268. The van der Waals surface area contributed by atoms with Crippen LogP contribution in [0, 0.1) is 0 Å². The van der Waals surface area contributed by atoms with Crippen LogP contribution in [0.15, 0.2) is 0 Å². The van der Waals surface area contributed by atoms with E-state index in [9.17, 15) is 5.11 Å². The molecule has 2 unspecified atom stereocenters. The van der Waals surface area contributed by atoms with Gasteiger partial charge in [-0.2, -0.15) is 0 Å². The van der Waals surface area contributed by atoms with E-state index in [2.05, 4.69) is 0 Å². The molecule has 1 fully saturated rings. The molecule has 1 N–H and O–H groups in total. The summed E-state index contributed by atoms with van der Waals surface area (Å²) in [4.78, 5) is 2.03. The number of hydrogen-bond donors (Lipinski definition) is 1. The zero-order valence-electron chi connectivity index (χ0n) is 10.9. The quantitative estimate of drug-likeness (QED) is 0.675. The first kappa shape index (κ1) is 14.9. The average Bonchev–Trinajstić information content (AvgIpc) is 2.30. The van der Waals surface area contributed by atoms with Gasteiger partial charge in [0.2, 0.25) is 0 Å². The molecule has 0 amide bonds. The molecule has 0 radical (unpaired) electrons. The topological polar surface area (TPSA) is 51.2 Å². The zero-order valence-corrected chi connectivity index (χ0v) is 10.9. The van der Waals surface area contributed by atoms with Crippen molar-refractivity contribution in [2.24, 2.45) is 0 Å². The summed E-state index contributed by atoms with van der Waals surface area (Å²) in [6.45, 7) is 3.22. The molecule has 0 aliphatic carbocycles. The van der Waals surface area contributed by atoms with Crippen LogP contribution in [-0.4, -0.2) is 69.5 Å². The lowest BCUT2D eigenvalue weighted by Crippen LogP contribution is -2.35. The first-order valence-corrected chi connectivity index (χ1v) is 6.31. The highest BCUT2D eigenvalue weighted by Crippen LogP contribution is 2.13. The van der Waals surface area contributed by atoms with Crippen molar-refractivity contribution in [3.8, 4) is 0 Å². The molecule has 0 spiro atoms. The molecule has 1 rings (SSSR count). The standard InChI is InChI=1S/C12H25NO4/c1-13(9-11(14)10-15-2)6-8-17-12-5-3-4-7-16-12/h11-12,14H,3-10H2,1-2H3. The van der Waals surface area contributed by atoms with Crippen LogP contribution in [0.2, 0.25) is 0 Å². The molecule has 1 aliphatic heterocycles. The highest BCUT2D eigenvalue weighted by atomic mass is 16.7. The van der Waals surface area contributed by atoms with Crippen LogP contribution < -0.4 is 0 Å². The molecule has 17 heavy (non-hydrogen) atoms. The molecule has 0 saturated carbocycles. The van der Waals surface area contributed by atoms with Crippen molar-refractivity contribution in [3.63, 3.8) is 0 Å². The molecule has 5 nitrogen and oxygen atoms in total. The summed E-state index contributed by atoms with van der Waals surface area (Å²) in [7, 11) is 3.55. The van der Waals surface area contributed by atoms with Gasteiger partial charge in [-0.25, -0.2) is 0 Å². The summed E-state index contributed by atoms with van der Waals surface area (Å²) >= 11 is 0. The largest absolute Gasteiger partial charge is 0.389 e. The van der Waals surface area contributed by atoms with E-state index < -0.39 is 6.10 Å². The Morgan fingerprint density at radius 3 is 2.94 bits per heavy atom. The SMILES string of the molecule is COCC(O)CN(C)CCOC1CCCCO1. The minimum atomic E-state index is -0.434. The van der Waals surface area contributed by atoms with Crippen molar-refractivity contribution in [2.45, 2.75) is 31.7 Å². The monoisotopic (exact) mass is 247 g/mol. The molecule has 2 atom stereocenters. The van der Waals surface area contributed by atoms with Crippen LogP contribution in [0.25, 0.3) is 0 Å². The van der Waals surface area contributed by atoms with Gasteiger partial charge >= 0.3 is 0 Å². The van der Waals surface area contributed by atoms with Gasteiger partial charge in [0.05, 0.1) is 19.3 Å². The third-order valence-electron chi connectivity index (χ3n) is 2.80. The van der Waals surface area contributed by atoms with Crippen LogP contribution in [-0.2, 0) is 14.2 Å². The second-order valence-electron chi connectivity index (χ2n) is 4.54. The second kappa shape index (κ2) is 8.83. The third-order valence-corrected chi connectivity index (χ3v) is 2.80. The van der Waals surface area contributed by atoms with E-state index >= 15 is 0 Å². The number of nitrogens with zero attached hydrogens (tertiary/aromatic N) is 1. The fraction of sp³-hybridized carbons (Fsp3) is 1.00. The predicted molar refractivity (Wildman–Crippen MR) is 64.9 cm³/mol. The maximum absolute atomic E-state index is 9.54. The van der Waals surface area contributed by atoms with Crippen LogP contribution in [0.3, 0.4) is 0 Å². The first-order chi connectivity index (χ1) is 8.22. The lowest BCUT2D eigenvalue weighted by atomic mass is 10.2. The molecule has 0 bridgehead atoms. The third kappa shape index (κ3) is 6.95. The van der Waals surface area contributed by atoms with Gasteiger partial charge in [-0.3, -0.25) is 0 Å². The van der Waals surface area contributed by atoms with Crippen molar-refractivity contribution in [1.29, 1.82) is 0 Å². The van der Waals surface area contributed by atoms with E-state index in [0.29, 0.717) is 19.8 Å². The highest BCUT2D eigenvalue weighted by Gasteiger charge is 2.14. The van der Waals surface area contributed by atoms with Gasteiger partial charge in [-0.1, -0.05) is 0 Å². The van der Waals surface area contributed by atoms with Gasteiger partial charge in [0.1, 0.15) is 0 Å². The predicted octanol–water partition coefficient (Wildman–Crippen LogP) is 0.469. The lowest BCUT2D eigenvalue weighted by Gasteiger charge is -2.25. The number of likely N-dealkylation sites (N-methyl/N-ethyl adjacent to an activating group) is 1. The van der Waals surface area contributed by atoms with Crippen molar-refractivity contribution in [1.82, 2.24) is 4.90 Å². The Kier molecular flexibility index (Phi) is 7.72. The summed E-state index contributed by atoms with van der Waals surface area (Å²) < 4.78 is 16.0. The molecule has 0 aromatic rings. The van der Waals surface area contributed by atoms with Gasteiger partial charge in [0.25, 0.3) is 0 Å². The smallest absolute Gasteiger partial charge is 0.157 e. The van der Waals surface area contributed by atoms with Crippen molar-refractivity contribution in [3.05, 3.63) is 0 Å². The van der Waals surface area contributed by atoms with Crippen LogP contribution in [0.5, 0.6) is 0 Å². The van der Waals surface area contributed by atoms with Gasteiger partial charge in [0.15, 0.2) is 6.29 Å². The highest BCUT2D eigenvalue weighted by molar-refractivity contribution is 4.61. The van der Waals surface area contributed by atoms with E-state index in [4.69, 9.17) is 14.2 Å². The zero-order chi connectivity index (χ0) is 12.5. The van der Waals surface area contributed by atoms with Crippen molar-refractivity contribution in [2.75, 3.05) is 47.1 Å². The van der Waals surface area contributed by atoms with Crippen molar-refractivity contribution >= 4 is 0 Å². The van der Waals surface area contributed by atoms with Crippen LogP contribution >= 0.6 is 0 Å². The van der Waals surface area contributed by atoms with E-state index in [1.807, 2.05) is 11.9 Å². The first-order valence-electron chi connectivity index (χ1n) is 6.31. The van der Waals surface area contributed by atoms with Gasteiger partial charge in [-0.15, -0.1) is 0 Å². The Morgan fingerprint density at radius 1 is 1.47 bits per heavy atom. The molecule has 1 aliphatic rings. The normalized spacial score (nSPS) is 22.9. The van der Waals surface area contributed by atoms with E-state index in [-0.39, 0.29) is 6.29 Å². The second-order valence-corrected chi connectivity index (χ2v) is 4.54. The molecule has 1 saturated heterocycles. The van der Waals surface area contributed by atoms with Crippen LogP contribution in [0.1, 0.15) is 19.3 Å². The molecule has 5 heteroatoms. The lowest BCUT2D eigenvalue weighted by molar-refractivity contribution is -0.164. The average molecular weight is 247 g/mol. The Bertz CT molecular complexity index is 185. The van der Waals surface area contributed by atoms with E-state index in [1.54, 1.807) is 7.11 Å². The Morgan fingerprint density at radius 2 is 2.29 bits per heavy atom. The number of hydrogen-bond acceptors (Lipinski definition) is 5. The number of rotatable bonds is 8. The van der Waals surface area contributed by atoms with Crippen LogP contribution in [0.4, 0.5) is 0 Å². The molecule has 0 aromatic carbocycles. The maximum atomic E-state index is 9.54. The molecular formula is C12H25NO4. The van der Waals surface area contributed by atoms with Gasteiger partial charge in [-0.05, 0) is 26.3 Å². The van der Waals surface area contributed by atoms with Gasteiger partial charge in [0, 0.05) is 26.8 Å². The number of aliphatic hydroxyl groups excluding tert-OH is 1. The maximum Gasteiger partial charge on any atom is 0.157 e. The fourth-order valence-electron chi connectivity index (χ4n) is 1.88. The summed E-state index contributed by atoms with van der Waals surface area (Å²) in [6, 6.07) is 0. The number of ether oxygens (including phenoxy) is 3. The van der Waals surface area contributed by atoms with Crippen molar-refractivity contribution < 1.29 is 19.3 Å². The molecule has 0 aromatic heterocycles. The van der Waals surface area contributed by atoms with E-state index in [0.717, 1.165) is 26.0 Å². The minimum Gasteiger partial charge on any atom is -0.389 e. The summed E-state index contributed by atoms with van der Waals surface area (Å²) in [6.07, 6.45) is 2.86. The summed E-state index contributed by atoms with van der Waals surface area (Å²) in [5.41, 5.74) is 0. The molecule has 1 heterocycles. The Hall–Kier alpha value is -0.200. The Balaban J connectivity index is 2.00. The number of methoxy groups -OCH3 is 1. The number of aliphatic hydroxyl groups is 1. The fourth-order valence-corrected chi connectivity index (χ4v) is 1.88. The summed E-state index contributed by atoms with van der Waals surface area (Å²) in [5, 5.41) is 9.54. The summed E-state index contributed by atoms with van der Waals surface area (Å²) in [5.74, 6) is 0.